The van der Waals surface area contributed by atoms with Gasteiger partial charge in [0.15, 0.2) is 0 Å². The molecular weight excluding hydrogens is 340 g/mol. The molecular formula is C21H22N4O2. The fraction of sp³-hybridized carbons (Fsp3) is 0.333. The topological polar surface area (TPSA) is 70.4 Å². The number of hydrogen-bond donors (Lipinski definition) is 2. The van der Waals surface area contributed by atoms with E-state index in [2.05, 4.69) is 21.8 Å². The van der Waals surface area contributed by atoms with E-state index < -0.39 is 5.60 Å². The van der Waals surface area contributed by atoms with Gasteiger partial charge in [-0.05, 0) is 29.7 Å². The van der Waals surface area contributed by atoms with Crippen molar-refractivity contribution < 1.29 is 9.90 Å². The summed E-state index contributed by atoms with van der Waals surface area (Å²) in [7, 11) is 0. The highest BCUT2D eigenvalue weighted by Gasteiger charge is 2.46. The highest BCUT2D eigenvalue weighted by Crippen LogP contribution is 2.37. The number of β-amino-alcohol motifs (C(OH)–C–C–N with tert-alkyl or cyclic N) is 1. The average Bonchev–Trinajstić information content (AvgIpc) is 3.24. The Morgan fingerprint density at radius 3 is 2.85 bits per heavy atom. The standard InChI is InChI=1S/C21H22N4O2/c1-14-11-18(19-22-9-10-25(14)19)23-20(26)24-12-21(27,13-24)17-8-4-6-15-5-2-3-7-16(15)17/h2-10,14,18,27H,11-13H2,1H3,(H,23,26). The molecule has 27 heavy (non-hydrogen) atoms. The van der Waals surface area contributed by atoms with E-state index in [1.165, 1.54) is 0 Å². The van der Waals surface area contributed by atoms with Gasteiger partial charge in [0, 0.05) is 18.4 Å². The third-order valence-electron chi connectivity index (χ3n) is 5.84. The molecule has 6 heteroatoms. The number of nitrogens with zero attached hydrogens (tertiary/aromatic N) is 3. The van der Waals surface area contributed by atoms with Crippen molar-refractivity contribution in [3.05, 3.63) is 66.2 Å². The van der Waals surface area contributed by atoms with E-state index in [0.29, 0.717) is 19.1 Å². The van der Waals surface area contributed by atoms with Gasteiger partial charge in [-0.25, -0.2) is 9.78 Å². The highest BCUT2D eigenvalue weighted by molar-refractivity contribution is 5.87. The molecule has 0 radical (unpaired) electrons. The molecule has 2 amide bonds. The van der Waals surface area contributed by atoms with E-state index in [1.54, 1.807) is 11.1 Å². The van der Waals surface area contributed by atoms with E-state index in [1.807, 2.05) is 48.7 Å². The molecule has 1 aromatic heterocycles. The number of fused-ring (bicyclic) bond motifs is 2. The lowest BCUT2D eigenvalue weighted by molar-refractivity contribution is -0.0808. The quantitative estimate of drug-likeness (QED) is 0.736. The van der Waals surface area contributed by atoms with Crippen LogP contribution in [0.1, 0.15) is 36.8 Å². The maximum absolute atomic E-state index is 12.7. The lowest BCUT2D eigenvalue weighted by atomic mass is 9.83. The average molecular weight is 362 g/mol. The number of nitrogens with one attached hydrogen (secondary N) is 1. The second-order valence-electron chi connectivity index (χ2n) is 7.69. The van der Waals surface area contributed by atoms with Gasteiger partial charge >= 0.3 is 6.03 Å². The summed E-state index contributed by atoms with van der Waals surface area (Å²) >= 11 is 0. The molecule has 5 rings (SSSR count). The third kappa shape index (κ3) is 2.51. The Kier molecular flexibility index (Phi) is 3.52. The fourth-order valence-electron chi connectivity index (χ4n) is 4.42. The van der Waals surface area contributed by atoms with Gasteiger partial charge in [-0.3, -0.25) is 0 Å². The molecule has 0 bridgehead atoms. The molecule has 1 fully saturated rings. The van der Waals surface area contributed by atoms with Crippen molar-refractivity contribution in [1.29, 1.82) is 0 Å². The van der Waals surface area contributed by atoms with E-state index in [9.17, 15) is 9.90 Å². The molecule has 3 heterocycles. The van der Waals surface area contributed by atoms with Gasteiger partial charge in [0.2, 0.25) is 0 Å². The minimum absolute atomic E-state index is 0.0752. The predicted molar refractivity (Wildman–Crippen MR) is 102 cm³/mol. The molecule has 138 valence electrons. The van der Waals surface area contributed by atoms with Crippen LogP contribution in [-0.2, 0) is 5.60 Å². The molecule has 6 nitrogen and oxygen atoms in total. The van der Waals surface area contributed by atoms with Crippen molar-refractivity contribution in [1.82, 2.24) is 19.8 Å². The second kappa shape index (κ2) is 5.82. The van der Waals surface area contributed by atoms with Crippen molar-refractivity contribution >= 4 is 16.8 Å². The van der Waals surface area contributed by atoms with E-state index in [0.717, 1.165) is 28.6 Å². The van der Waals surface area contributed by atoms with Crippen molar-refractivity contribution in [2.24, 2.45) is 0 Å². The Bertz CT molecular complexity index is 1020. The first kappa shape index (κ1) is 16.3. The summed E-state index contributed by atoms with van der Waals surface area (Å²) in [5.41, 5.74) is -0.116. The van der Waals surface area contributed by atoms with Gasteiger partial charge in [-0.2, -0.15) is 0 Å². The maximum atomic E-state index is 12.7. The number of hydrogen-bond acceptors (Lipinski definition) is 3. The normalized spacial score (nSPS) is 23.1. The number of likely N-dealkylation sites (tertiary alicyclic amines) is 1. The number of carbonyl (C=O) groups is 1. The first-order chi connectivity index (χ1) is 13.0. The van der Waals surface area contributed by atoms with Crippen LogP contribution in [0, 0.1) is 0 Å². The third-order valence-corrected chi connectivity index (χ3v) is 5.84. The molecule has 2 aliphatic rings. The van der Waals surface area contributed by atoms with Crippen LogP contribution < -0.4 is 5.32 Å². The lowest BCUT2D eigenvalue weighted by Crippen LogP contribution is -2.63. The monoisotopic (exact) mass is 362 g/mol. The largest absolute Gasteiger partial charge is 0.381 e. The van der Waals surface area contributed by atoms with Gasteiger partial charge in [0.1, 0.15) is 11.4 Å². The number of imidazole rings is 1. The molecule has 2 aromatic carbocycles. The summed E-state index contributed by atoms with van der Waals surface area (Å²) in [6.45, 7) is 2.72. The Balaban J connectivity index is 1.31. The zero-order valence-electron chi connectivity index (χ0n) is 15.2. The minimum Gasteiger partial charge on any atom is -0.381 e. The summed E-state index contributed by atoms with van der Waals surface area (Å²) in [4.78, 5) is 18.7. The number of aliphatic hydroxyl groups is 1. The second-order valence-corrected chi connectivity index (χ2v) is 7.69. The van der Waals surface area contributed by atoms with Crippen LogP contribution in [0.25, 0.3) is 10.8 Å². The molecule has 2 atom stereocenters. The minimum atomic E-state index is -1.00. The summed E-state index contributed by atoms with van der Waals surface area (Å²) in [6.07, 6.45) is 4.57. The predicted octanol–water partition coefficient (Wildman–Crippen LogP) is 2.96. The summed E-state index contributed by atoms with van der Waals surface area (Å²) in [5, 5.41) is 16.3. The summed E-state index contributed by atoms with van der Waals surface area (Å²) < 4.78 is 2.10. The van der Waals surface area contributed by atoms with Crippen LogP contribution in [0.4, 0.5) is 4.79 Å². The van der Waals surface area contributed by atoms with Crippen molar-refractivity contribution in [3.8, 4) is 0 Å². The van der Waals surface area contributed by atoms with Crippen molar-refractivity contribution in [3.63, 3.8) is 0 Å². The van der Waals surface area contributed by atoms with E-state index in [-0.39, 0.29) is 12.1 Å². The fourth-order valence-corrected chi connectivity index (χ4v) is 4.42. The zero-order chi connectivity index (χ0) is 18.6. The molecule has 2 N–H and O–H groups in total. The number of aromatic nitrogens is 2. The van der Waals surface area contributed by atoms with Crippen LogP contribution in [0.15, 0.2) is 54.9 Å². The number of carbonyl (C=O) groups excluding carboxylic acids is 1. The van der Waals surface area contributed by atoms with Gasteiger partial charge in [-0.1, -0.05) is 42.5 Å². The Labute approximate surface area is 157 Å². The molecule has 0 saturated carbocycles. The Morgan fingerprint density at radius 1 is 1.22 bits per heavy atom. The molecule has 3 aromatic rings. The SMILES string of the molecule is CC1CC(NC(=O)N2CC(O)(c3cccc4ccccc34)C2)c2nccn21. The number of rotatable bonds is 2. The number of amides is 2. The van der Waals surface area contributed by atoms with E-state index in [4.69, 9.17) is 0 Å². The Hall–Kier alpha value is -2.86. The van der Waals surface area contributed by atoms with Gasteiger partial charge in [-0.15, -0.1) is 0 Å². The maximum Gasteiger partial charge on any atom is 0.318 e. The van der Waals surface area contributed by atoms with Gasteiger partial charge in [0.25, 0.3) is 0 Å². The number of benzene rings is 2. The zero-order valence-corrected chi connectivity index (χ0v) is 15.2. The molecule has 2 aliphatic heterocycles. The van der Waals surface area contributed by atoms with Crippen molar-refractivity contribution in [2.75, 3.05) is 13.1 Å². The first-order valence-corrected chi connectivity index (χ1v) is 9.34. The Morgan fingerprint density at radius 2 is 2.00 bits per heavy atom. The summed E-state index contributed by atoms with van der Waals surface area (Å²) in [6, 6.07) is 14.1. The van der Waals surface area contributed by atoms with E-state index >= 15 is 0 Å². The van der Waals surface area contributed by atoms with Crippen molar-refractivity contribution in [2.45, 2.75) is 31.0 Å². The molecule has 0 spiro atoms. The van der Waals surface area contributed by atoms with Crippen LogP contribution in [0.3, 0.4) is 0 Å². The molecule has 2 unspecified atom stereocenters. The first-order valence-electron chi connectivity index (χ1n) is 9.34. The van der Waals surface area contributed by atoms with Crippen LogP contribution in [-0.4, -0.2) is 38.7 Å². The van der Waals surface area contributed by atoms with Crippen LogP contribution in [0.5, 0.6) is 0 Å². The van der Waals surface area contributed by atoms with Gasteiger partial charge < -0.3 is 19.9 Å². The van der Waals surface area contributed by atoms with Crippen LogP contribution in [0.2, 0.25) is 0 Å². The lowest BCUT2D eigenvalue weighted by Gasteiger charge is -2.47. The molecule has 0 aliphatic carbocycles. The number of urea groups is 1. The van der Waals surface area contributed by atoms with Crippen LogP contribution >= 0.6 is 0 Å². The molecule has 1 saturated heterocycles. The van der Waals surface area contributed by atoms with Gasteiger partial charge in [0.05, 0.1) is 19.1 Å². The smallest absolute Gasteiger partial charge is 0.318 e. The highest BCUT2D eigenvalue weighted by atomic mass is 16.3. The summed E-state index contributed by atoms with van der Waals surface area (Å²) in [5.74, 6) is 0.903.